The molecule has 134 valence electrons. The third kappa shape index (κ3) is 3.77. The van der Waals surface area contributed by atoms with E-state index in [1.807, 2.05) is 0 Å². The zero-order valence-electron chi connectivity index (χ0n) is 14.1. The molecule has 1 aliphatic heterocycles. The number of ketones is 1. The molecule has 0 saturated heterocycles. The number of anilines is 1. The molecule has 0 saturated carbocycles. The summed E-state index contributed by atoms with van der Waals surface area (Å²) in [7, 11) is 0. The minimum Gasteiger partial charge on any atom is -0.451 e. The van der Waals surface area contributed by atoms with Gasteiger partial charge in [-0.25, -0.2) is 9.18 Å². The molecule has 1 N–H and O–H groups in total. The fourth-order valence-corrected chi connectivity index (χ4v) is 3.40. The van der Waals surface area contributed by atoms with Crippen LogP contribution in [-0.2, 0) is 9.53 Å². The van der Waals surface area contributed by atoms with Crippen LogP contribution in [-0.4, -0.2) is 29.0 Å². The third-order valence-electron chi connectivity index (χ3n) is 3.93. The van der Waals surface area contributed by atoms with Gasteiger partial charge in [0.2, 0.25) is 11.7 Å². The highest BCUT2D eigenvalue weighted by Crippen LogP contribution is 2.36. The first-order valence-electron chi connectivity index (χ1n) is 7.97. The fourth-order valence-electron chi connectivity index (χ4n) is 2.47. The summed E-state index contributed by atoms with van der Waals surface area (Å²) in [5.74, 6) is -1.68. The van der Waals surface area contributed by atoms with Crippen LogP contribution in [0.3, 0.4) is 0 Å². The molecule has 2 aromatic rings. The van der Waals surface area contributed by atoms with E-state index in [-0.39, 0.29) is 22.3 Å². The van der Waals surface area contributed by atoms with Crippen LogP contribution in [0.5, 0.6) is 0 Å². The van der Waals surface area contributed by atoms with Gasteiger partial charge in [-0.15, -0.1) is 11.8 Å². The predicted octanol–water partition coefficient (Wildman–Crippen LogP) is 3.69. The minimum absolute atomic E-state index is 0.132. The van der Waals surface area contributed by atoms with Crippen LogP contribution in [0.4, 0.5) is 10.1 Å². The summed E-state index contributed by atoms with van der Waals surface area (Å²) >= 11 is 1.41. The van der Waals surface area contributed by atoms with Crippen molar-refractivity contribution < 1.29 is 23.5 Å². The lowest BCUT2D eigenvalue weighted by atomic mass is 10.1. The maximum Gasteiger partial charge on any atom is 0.338 e. The van der Waals surface area contributed by atoms with Gasteiger partial charge in [-0.2, -0.15) is 0 Å². The maximum absolute atomic E-state index is 12.9. The third-order valence-corrected chi connectivity index (χ3v) is 5.11. The second kappa shape index (κ2) is 7.29. The second-order valence-corrected chi connectivity index (χ2v) is 7.26. The average Bonchev–Trinajstić information content (AvgIpc) is 2.62. The number of rotatable bonds is 4. The number of hydrogen-bond donors (Lipinski definition) is 1. The van der Waals surface area contributed by atoms with Crippen molar-refractivity contribution >= 4 is 35.1 Å². The molecule has 5 nitrogen and oxygen atoms in total. The van der Waals surface area contributed by atoms with E-state index < -0.39 is 23.7 Å². The van der Waals surface area contributed by atoms with E-state index in [0.29, 0.717) is 5.69 Å². The van der Waals surface area contributed by atoms with E-state index in [1.165, 1.54) is 49.0 Å². The summed E-state index contributed by atoms with van der Waals surface area (Å²) in [4.78, 5) is 37.2. The number of carbonyl (C=O) groups excluding carboxylic acids is 3. The second-order valence-electron chi connectivity index (χ2n) is 5.88. The van der Waals surface area contributed by atoms with E-state index in [9.17, 15) is 18.8 Å². The van der Waals surface area contributed by atoms with Crippen molar-refractivity contribution in [2.45, 2.75) is 30.1 Å². The van der Waals surface area contributed by atoms with Crippen molar-refractivity contribution in [2.24, 2.45) is 0 Å². The highest BCUT2D eigenvalue weighted by atomic mass is 32.2. The summed E-state index contributed by atoms with van der Waals surface area (Å²) < 4.78 is 18.2. The Morgan fingerprint density at radius 3 is 2.50 bits per heavy atom. The first-order chi connectivity index (χ1) is 12.3. The van der Waals surface area contributed by atoms with Gasteiger partial charge in [0, 0.05) is 10.5 Å². The molecular weight excluding hydrogens is 357 g/mol. The highest BCUT2D eigenvalue weighted by molar-refractivity contribution is 8.00. The lowest BCUT2D eigenvalue weighted by Crippen LogP contribution is -2.27. The van der Waals surface area contributed by atoms with Gasteiger partial charge in [0.05, 0.1) is 16.5 Å². The maximum atomic E-state index is 12.9. The van der Waals surface area contributed by atoms with E-state index in [0.717, 1.165) is 4.90 Å². The van der Waals surface area contributed by atoms with Crippen LogP contribution in [0.2, 0.25) is 0 Å². The standard InChI is InChI=1S/C19H16FNO4S/c1-10(17(22)12-3-6-14(20)7-4-12)25-19(24)13-5-8-16-15(9-13)21-18(23)11(2)26-16/h3-11H,1-2H3,(H,21,23)/t10-,11-/m0/s1. The number of ether oxygens (including phenoxy) is 1. The molecule has 1 amide bonds. The first-order valence-corrected chi connectivity index (χ1v) is 8.85. The Morgan fingerprint density at radius 2 is 1.81 bits per heavy atom. The highest BCUT2D eigenvalue weighted by Gasteiger charge is 2.25. The Morgan fingerprint density at radius 1 is 1.15 bits per heavy atom. The van der Waals surface area contributed by atoms with Crippen LogP contribution in [0, 0.1) is 5.82 Å². The van der Waals surface area contributed by atoms with Gasteiger partial charge in [0.1, 0.15) is 5.82 Å². The van der Waals surface area contributed by atoms with Crippen LogP contribution < -0.4 is 5.32 Å². The van der Waals surface area contributed by atoms with Crippen molar-refractivity contribution in [3.8, 4) is 0 Å². The molecule has 0 aliphatic carbocycles. The summed E-state index contributed by atoms with van der Waals surface area (Å²) in [5.41, 5.74) is 1.04. The Balaban J connectivity index is 1.72. The number of fused-ring (bicyclic) bond motifs is 1. The summed E-state index contributed by atoms with van der Waals surface area (Å²) in [5, 5.41) is 2.54. The molecule has 3 rings (SSSR count). The Bertz CT molecular complexity index is 882. The molecular formula is C19H16FNO4S. The van der Waals surface area contributed by atoms with Crippen molar-refractivity contribution in [3.63, 3.8) is 0 Å². The van der Waals surface area contributed by atoms with Crippen LogP contribution in [0.25, 0.3) is 0 Å². The molecule has 7 heteroatoms. The molecule has 0 aromatic heterocycles. The van der Waals surface area contributed by atoms with Gasteiger partial charge in [-0.1, -0.05) is 0 Å². The number of amides is 1. The van der Waals surface area contributed by atoms with Crippen molar-refractivity contribution in [1.82, 2.24) is 0 Å². The minimum atomic E-state index is -1.02. The van der Waals surface area contributed by atoms with E-state index in [2.05, 4.69) is 5.32 Å². The number of halogens is 1. The molecule has 1 heterocycles. The predicted molar refractivity (Wildman–Crippen MR) is 96.0 cm³/mol. The Labute approximate surface area is 153 Å². The number of benzene rings is 2. The molecule has 26 heavy (non-hydrogen) atoms. The SMILES string of the molecule is C[C@H](OC(=O)c1ccc2c(c1)NC(=O)[C@H](C)S2)C(=O)c1ccc(F)cc1. The zero-order chi connectivity index (χ0) is 18.8. The van der Waals surface area contributed by atoms with E-state index >= 15 is 0 Å². The number of nitrogens with one attached hydrogen (secondary N) is 1. The average molecular weight is 373 g/mol. The topological polar surface area (TPSA) is 72.5 Å². The van der Waals surface area contributed by atoms with Crippen molar-refractivity contribution in [3.05, 3.63) is 59.4 Å². The number of carbonyl (C=O) groups is 3. The van der Waals surface area contributed by atoms with Gasteiger partial charge in [0.15, 0.2) is 6.10 Å². The van der Waals surface area contributed by atoms with Gasteiger partial charge in [-0.3, -0.25) is 9.59 Å². The first kappa shape index (κ1) is 18.1. The number of Topliss-reactive ketones (excluding diaryl/α,β-unsaturated/α-hetero) is 1. The molecule has 0 unspecified atom stereocenters. The summed E-state index contributed by atoms with van der Waals surface area (Å²) in [6.07, 6.45) is -1.02. The lowest BCUT2D eigenvalue weighted by molar-refractivity contribution is -0.115. The molecule has 1 aliphatic rings. The summed E-state index contributed by atoms with van der Waals surface area (Å²) in [6, 6.07) is 9.89. The van der Waals surface area contributed by atoms with E-state index in [4.69, 9.17) is 4.74 Å². The van der Waals surface area contributed by atoms with Crippen molar-refractivity contribution in [1.29, 1.82) is 0 Å². The van der Waals surface area contributed by atoms with Crippen LogP contribution in [0.1, 0.15) is 34.6 Å². The van der Waals surface area contributed by atoms with Crippen LogP contribution >= 0.6 is 11.8 Å². The Kier molecular flexibility index (Phi) is 5.08. The summed E-state index contributed by atoms with van der Waals surface area (Å²) in [6.45, 7) is 3.26. The molecule has 0 spiro atoms. The molecule has 2 aromatic carbocycles. The largest absolute Gasteiger partial charge is 0.451 e. The lowest BCUT2D eigenvalue weighted by Gasteiger charge is -2.21. The molecule has 0 radical (unpaired) electrons. The van der Waals surface area contributed by atoms with Gasteiger partial charge < -0.3 is 10.1 Å². The molecule has 0 fully saturated rings. The molecule has 0 bridgehead atoms. The fraction of sp³-hybridized carbons (Fsp3) is 0.211. The van der Waals surface area contributed by atoms with Gasteiger partial charge >= 0.3 is 5.97 Å². The normalized spacial score (nSPS) is 17.0. The molecule has 2 atom stereocenters. The van der Waals surface area contributed by atoms with Gasteiger partial charge in [0.25, 0.3) is 0 Å². The zero-order valence-corrected chi connectivity index (χ0v) is 14.9. The van der Waals surface area contributed by atoms with Crippen LogP contribution in [0.15, 0.2) is 47.4 Å². The van der Waals surface area contributed by atoms with E-state index in [1.54, 1.807) is 19.1 Å². The number of hydrogen-bond acceptors (Lipinski definition) is 5. The quantitative estimate of drug-likeness (QED) is 0.654. The van der Waals surface area contributed by atoms with Gasteiger partial charge in [-0.05, 0) is 56.3 Å². The number of thioether (sulfide) groups is 1. The Hall–Kier alpha value is -2.67. The number of esters is 1. The van der Waals surface area contributed by atoms with Crippen molar-refractivity contribution in [2.75, 3.05) is 5.32 Å². The monoisotopic (exact) mass is 373 g/mol. The smallest absolute Gasteiger partial charge is 0.338 e.